The molecule has 0 spiro atoms. The second-order valence-corrected chi connectivity index (χ2v) is 9.33. The van der Waals surface area contributed by atoms with E-state index in [0.29, 0.717) is 11.4 Å². The molecule has 7 nitrogen and oxygen atoms in total. The number of esters is 1. The first-order chi connectivity index (χ1) is 13.5. The number of aryl methyl sites for hydroxylation is 1. The fourth-order valence-electron chi connectivity index (χ4n) is 2.48. The van der Waals surface area contributed by atoms with E-state index in [1.54, 1.807) is 25.1 Å². The zero-order valence-electron chi connectivity index (χ0n) is 16.0. The molecule has 0 atom stereocenters. The van der Waals surface area contributed by atoms with Crippen LogP contribution in [-0.2, 0) is 19.6 Å². The van der Waals surface area contributed by atoms with Crippen LogP contribution in [0.5, 0.6) is 0 Å². The Morgan fingerprint density at radius 1 is 1.21 bits per heavy atom. The monoisotopic (exact) mass is 502 g/mol. The molecular weight excluding hydrogens is 484 g/mol. The molecular formula is C19H20BrClN2O5S. The first-order valence-electron chi connectivity index (χ1n) is 8.53. The molecule has 0 aliphatic rings. The summed E-state index contributed by atoms with van der Waals surface area (Å²) in [5, 5.41) is 2.70. The first-order valence-corrected chi connectivity index (χ1v) is 11.5. The molecule has 0 saturated carbocycles. The average molecular weight is 504 g/mol. The number of carbonyl (C=O) groups excluding carboxylic acids is 2. The smallest absolute Gasteiger partial charge is 0.339 e. The van der Waals surface area contributed by atoms with Crippen LogP contribution in [0.1, 0.15) is 22.8 Å². The summed E-state index contributed by atoms with van der Waals surface area (Å²) in [5.74, 6) is -1.12. The molecule has 2 aromatic carbocycles. The summed E-state index contributed by atoms with van der Waals surface area (Å²) in [5.41, 5.74) is 1.71. The van der Waals surface area contributed by atoms with E-state index >= 15 is 0 Å². The predicted octanol–water partition coefficient (Wildman–Crippen LogP) is 3.99. The minimum atomic E-state index is -3.70. The molecule has 29 heavy (non-hydrogen) atoms. The summed E-state index contributed by atoms with van der Waals surface area (Å²) in [6, 6.07) is 9.32. The molecule has 10 heteroatoms. The fourth-order valence-corrected chi connectivity index (χ4v) is 3.83. The lowest BCUT2D eigenvalue weighted by Crippen LogP contribution is -2.37. The molecule has 2 rings (SSSR count). The van der Waals surface area contributed by atoms with Crippen LogP contribution in [0.3, 0.4) is 0 Å². The van der Waals surface area contributed by atoms with Gasteiger partial charge in [-0.3, -0.25) is 9.10 Å². The van der Waals surface area contributed by atoms with E-state index < -0.39 is 28.4 Å². The summed E-state index contributed by atoms with van der Waals surface area (Å²) in [6.07, 6.45) is 1.03. The van der Waals surface area contributed by atoms with Gasteiger partial charge < -0.3 is 10.1 Å². The SMILES string of the molecule is CCOC(=O)c1ccc(NC(=O)CN(c2ccc(Br)c(C)c2)S(C)(=O)=O)cc1Cl. The standard InChI is InChI=1S/C19H20BrClN2O5S/c1-4-28-19(25)15-7-5-13(10-17(15)21)22-18(24)11-23(29(3,26)27)14-6-8-16(20)12(2)9-14/h5-10H,4,11H2,1-3H3,(H,22,24). The number of rotatable bonds is 7. The van der Waals surface area contributed by atoms with Crippen LogP contribution in [0.15, 0.2) is 40.9 Å². The van der Waals surface area contributed by atoms with Crippen LogP contribution in [0.2, 0.25) is 5.02 Å². The molecule has 0 saturated heterocycles. The lowest BCUT2D eigenvalue weighted by atomic mass is 10.2. The minimum absolute atomic E-state index is 0.116. The zero-order chi connectivity index (χ0) is 21.8. The van der Waals surface area contributed by atoms with E-state index in [1.807, 2.05) is 6.92 Å². The van der Waals surface area contributed by atoms with Crippen molar-refractivity contribution in [3.8, 4) is 0 Å². The summed E-state index contributed by atoms with van der Waals surface area (Å²) >= 11 is 9.45. The van der Waals surface area contributed by atoms with E-state index in [1.165, 1.54) is 18.2 Å². The van der Waals surface area contributed by atoms with Gasteiger partial charge in [0, 0.05) is 10.2 Å². The largest absolute Gasteiger partial charge is 0.462 e. The van der Waals surface area contributed by atoms with Crippen LogP contribution in [0.4, 0.5) is 11.4 Å². The number of nitrogens with one attached hydrogen (secondary N) is 1. The predicted molar refractivity (Wildman–Crippen MR) is 117 cm³/mol. The molecule has 1 N–H and O–H groups in total. The Morgan fingerprint density at radius 3 is 2.45 bits per heavy atom. The van der Waals surface area contributed by atoms with Crippen molar-refractivity contribution in [2.24, 2.45) is 0 Å². The van der Waals surface area contributed by atoms with Crippen LogP contribution >= 0.6 is 27.5 Å². The summed E-state index contributed by atoms with van der Waals surface area (Å²) < 4.78 is 31.2. The zero-order valence-corrected chi connectivity index (χ0v) is 19.2. The van der Waals surface area contributed by atoms with Crippen LogP contribution in [0, 0.1) is 6.92 Å². The number of ether oxygens (including phenoxy) is 1. The van der Waals surface area contributed by atoms with Gasteiger partial charge in [-0.15, -0.1) is 0 Å². The van der Waals surface area contributed by atoms with Gasteiger partial charge in [0.2, 0.25) is 15.9 Å². The highest BCUT2D eigenvalue weighted by atomic mass is 79.9. The maximum atomic E-state index is 12.5. The van der Waals surface area contributed by atoms with Gasteiger partial charge >= 0.3 is 5.97 Å². The first kappa shape index (κ1) is 23.2. The van der Waals surface area contributed by atoms with Gasteiger partial charge in [-0.1, -0.05) is 27.5 Å². The maximum absolute atomic E-state index is 12.5. The van der Waals surface area contributed by atoms with Crippen LogP contribution < -0.4 is 9.62 Å². The molecule has 0 aliphatic carbocycles. The Morgan fingerprint density at radius 2 is 1.90 bits per heavy atom. The van der Waals surface area contributed by atoms with Crippen molar-refractivity contribution in [2.75, 3.05) is 29.0 Å². The third kappa shape index (κ3) is 6.19. The van der Waals surface area contributed by atoms with Gasteiger partial charge in [0.05, 0.1) is 29.1 Å². The van der Waals surface area contributed by atoms with E-state index in [-0.39, 0.29) is 17.2 Å². The molecule has 0 fully saturated rings. The second-order valence-electron chi connectivity index (χ2n) is 6.17. The summed E-state index contributed by atoms with van der Waals surface area (Å²) in [4.78, 5) is 24.3. The normalized spacial score (nSPS) is 11.1. The Bertz CT molecular complexity index is 1040. The van der Waals surface area contributed by atoms with Crippen LogP contribution in [0.25, 0.3) is 0 Å². The number of sulfonamides is 1. The topological polar surface area (TPSA) is 92.8 Å². The molecule has 0 unspecified atom stereocenters. The number of nitrogens with zero attached hydrogens (tertiary/aromatic N) is 1. The lowest BCUT2D eigenvalue weighted by Gasteiger charge is -2.22. The molecule has 0 aliphatic heterocycles. The van der Waals surface area contributed by atoms with Crippen molar-refractivity contribution < 1.29 is 22.7 Å². The lowest BCUT2D eigenvalue weighted by molar-refractivity contribution is -0.114. The van der Waals surface area contributed by atoms with Crippen molar-refractivity contribution in [3.05, 3.63) is 57.0 Å². The van der Waals surface area contributed by atoms with Gasteiger partial charge in [0.25, 0.3) is 0 Å². The number of halogens is 2. The number of benzene rings is 2. The Balaban J connectivity index is 2.19. The molecule has 2 aromatic rings. The highest BCUT2D eigenvalue weighted by Crippen LogP contribution is 2.25. The number of anilines is 2. The quantitative estimate of drug-likeness (QED) is 0.577. The van der Waals surface area contributed by atoms with Gasteiger partial charge in [-0.25, -0.2) is 13.2 Å². The number of amides is 1. The van der Waals surface area contributed by atoms with E-state index in [0.717, 1.165) is 20.6 Å². The van der Waals surface area contributed by atoms with Crippen molar-refractivity contribution in [3.63, 3.8) is 0 Å². The Hall–Kier alpha value is -2.10. The van der Waals surface area contributed by atoms with Gasteiger partial charge in [0.15, 0.2) is 0 Å². The Kier molecular flexibility index (Phi) is 7.67. The molecule has 0 bridgehead atoms. The molecule has 0 heterocycles. The van der Waals surface area contributed by atoms with E-state index in [4.69, 9.17) is 16.3 Å². The van der Waals surface area contributed by atoms with Gasteiger partial charge in [-0.2, -0.15) is 0 Å². The molecule has 0 radical (unpaired) electrons. The average Bonchev–Trinajstić information content (AvgIpc) is 2.61. The van der Waals surface area contributed by atoms with Gasteiger partial charge in [-0.05, 0) is 55.8 Å². The summed E-state index contributed by atoms with van der Waals surface area (Å²) in [7, 11) is -3.70. The highest BCUT2D eigenvalue weighted by molar-refractivity contribution is 9.10. The summed E-state index contributed by atoms with van der Waals surface area (Å²) in [6.45, 7) is 3.30. The molecule has 0 aromatic heterocycles. The number of hydrogen-bond donors (Lipinski definition) is 1. The number of carbonyl (C=O) groups is 2. The number of hydrogen-bond acceptors (Lipinski definition) is 5. The third-order valence-corrected chi connectivity index (χ3v) is 6.21. The third-order valence-electron chi connectivity index (χ3n) is 3.87. The second kappa shape index (κ2) is 9.60. The fraction of sp³-hybridized carbons (Fsp3) is 0.263. The van der Waals surface area contributed by atoms with E-state index in [2.05, 4.69) is 21.2 Å². The molecule has 1 amide bonds. The van der Waals surface area contributed by atoms with Crippen molar-refractivity contribution >= 4 is 60.8 Å². The van der Waals surface area contributed by atoms with Gasteiger partial charge in [0.1, 0.15) is 6.54 Å². The van der Waals surface area contributed by atoms with E-state index in [9.17, 15) is 18.0 Å². The van der Waals surface area contributed by atoms with Crippen LogP contribution in [-0.4, -0.2) is 39.7 Å². The van der Waals surface area contributed by atoms with Crippen molar-refractivity contribution in [1.82, 2.24) is 0 Å². The van der Waals surface area contributed by atoms with Crippen molar-refractivity contribution in [2.45, 2.75) is 13.8 Å². The maximum Gasteiger partial charge on any atom is 0.339 e. The highest BCUT2D eigenvalue weighted by Gasteiger charge is 2.22. The Labute approximate surface area is 183 Å². The minimum Gasteiger partial charge on any atom is -0.462 e. The molecule has 156 valence electrons. The van der Waals surface area contributed by atoms with Crippen molar-refractivity contribution in [1.29, 1.82) is 0 Å².